The molecule has 0 rings (SSSR count). The molecule has 0 bridgehead atoms. The van der Waals surface area contributed by atoms with Crippen molar-refractivity contribution < 1.29 is 14.6 Å². The summed E-state index contributed by atoms with van der Waals surface area (Å²) in [5.41, 5.74) is 0. The fourth-order valence-corrected chi connectivity index (χ4v) is 1.18. The molecule has 0 saturated carbocycles. The van der Waals surface area contributed by atoms with Gasteiger partial charge in [-0.05, 0) is 19.8 Å². The maximum Gasteiger partial charge on any atom is 0.330 e. The topological polar surface area (TPSA) is 46.5 Å². The summed E-state index contributed by atoms with van der Waals surface area (Å²) in [4.78, 5) is 10.6. The van der Waals surface area contributed by atoms with E-state index in [1.165, 1.54) is 0 Å². The third-order valence-corrected chi connectivity index (χ3v) is 1.84. The second kappa shape index (κ2) is 6.92. The Hall–Kier alpha value is -0.540. The van der Waals surface area contributed by atoms with Gasteiger partial charge in [0.2, 0.25) is 0 Å². The molecule has 1 N–H and O–H groups in total. The molecule has 2 unspecified atom stereocenters. The number of hydrogen-bond donors (Lipinski definition) is 1. The molecule has 2 atom stereocenters. The molecule has 0 fully saturated rings. The Morgan fingerprint density at radius 2 is 2.38 bits per heavy atom. The van der Waals surface area contributed by atoms with Crippen LogP contribution in [0.4, 0.5) is 0 Å². The molecule has 0 aliphatic heterocycles. The second-order valence-corrected chi connectivity index (χ2v) is 3.46. The van der Waals surface area contributed by atoms with E-state index in [1.54, 1.807) is 6.92 Å². The number of ether oxygens (including phenoxy) is 1. The minimum absolute atomic E-state index is 0.155. The predicted octanol–water partition coefficient (Wildman–Crippen LogP) is 1.48. The van der Waals surface area contributed by atoms with Crippen LogP contribution >= 0.6 is 11.6 Å². The average Bonchev–Trinajstić information content (AvgIpc) is 2.02. The van der Waals surface area contributed by atoms with Gasteiger partial charge in [-0.1, -0.05) is 6.58 Å². The number of aliphatic hydroxyl groups excluding tert-OH is 1. The summed E-state index contributed by atoms with van der Waals surface area (Å²) in [6.07, 6.45) is 1.74. The summed E-state index contributed by atoms with van der Waals surface area (Å²) in [6, 6.07) is 0. The third-order valence-electron chi connectivity index (χ3n) is 1.44. The van der Waals surface area contributed by atoms with E-state index < -0.39 is 12.1 Å². The zero-order chi connectivity index (χ0) is 10.3. The highest BCUT2D eigenvalue weighted by atomic mass is 35.5. The van der Waals surface area contributed by atoms with E-state index in [0.717, 1.165) is 6.08 Å². The van der Waals surface area contributed by atoms with Crippen molar-refractivity contribution in [3.05, 3.63) is 12.7 Å². The smallest absolute Gasteiger partial charge is 0.330 e. The van der Waals surface area contributed by atoms with Crippen molar-refractivity contribution in [2.24, 2.45) is 0 Å². The lowest BCUT2D eigenvalue weighted by molar-refractivity contribution is -0.137. The molecule has 0 amide bonds. The molecule has 0 aromatic heterocycles. The third kappa shape index (κ3) is 7.81. The first kappa shape index (κ1) is 12.5. The first-order valence-corrected chi connectivity index (χ1v) is 4.61. The summed E-state index contributed by atoms with van der Waals surface area (Å²) in [7, 11) is 0. The van der Waals surface area contributed by atoms with Crippen LogP contribution in [-0.2, 0) is 9.53 Å². The number of rotatable bonds is 6. The maximum absolute atomic E-state index is 10.6. The minimum Gasteiger partial charge on any atom is -0.462 e. The van der Waals surface area contributed by atoms with E-state index in [2.05, 4.69) is 6.58 Å². The van der Waals surface area contributed by atoms with Crippen molar-refractivity contribution in [1.29, 1.82) is 0 Å². The molecule has 0 aromatic rings. The van der Waals surface area contributed by atoms with Gasteiger partial charge in [0, 0.05) is 11.5 Å². The van der Waals surface area contributed by atoms with Crippen LogP contribution in [0.1, 0.15) is 19.8 Å². The normalized spacial score (nSPS) is 14.7. The van der Waals surface area contributed by atoms with Crippen molar-refractivity contribution in [2.45, 2.75) is 31.2 Å². The molecule has 0 aromatic carbocycles. The van der Waals surface area contributed by atoms with Gasteiger partial charge in [-0.25, -0.2) is 4.79 Å². The molecule has 3 nitrogen and oxygen atoms in total. The Morgan fingerprint density at radius 3 is 2.85 bits per heavy atom. The number of carbonyl (C=O) groups is 1. The molecular weight excluding hydrogens is 192 g/mol. The van der Waals surface area contributed by atoms with E-state index in [0.29, 0.717) is 12.8 Å². The Morgan fingerprint density at radius 1 is 1.77 bits per heavy atom. The Bertz CT molecular complexity index is 168. The van der Waals surface area contributed by atoms with Gasteiger partial charge >= 0.3 is 5.97 Å². The number of halogens is 1. The molecule has 0 saturated heterocycles. The van der Waals surface area contributed by atoms with Crippen LogP contribution in [0.2, 0.25) is 0 Å². The van der Waals surface area contributed by atoms with Crippen LogP contribution in [-0.4, -0.2) is 29.2 Å². The minimum atomic E-state index is -0.444. The van der Waals surface area contributed by atoms with Gasteiger partial charge in [-0.3, -0.25) is 0 Å². The number of alkyl halides is 1. The van der Waals surface area contributed by atoms with E-state index in [1.807, 2.05) is 0 Å². The molecule has 4 heteroatoms. The van der Waals surface area contributed by atoms with Crippen molar-refractivity contribution >= 4 is 17.6 Å². The highest BCUT2D eigenvalue weighted by molar-refractivity contribution is 6.20. The van der Waals surface area contributed by atoms with Gasteiger partial charge in [-0.15, -0.1) is 11.6 Å². The fraction of sp³-hybridized carbons (Fsp3) is 0.667. The highest BCUT2D eigenvalue weighted by Gasteiger charge is 2.08. The lowest BCUT2D eigenvalue weighted by Crippen LogP contribution is -2.13. The molecule has 0 heterocycles. The first-order chi connectivity index (χ1) is 6.06. The van der Waals surface area contributed by atoms with Crippen LogP contribution in [0.25, 0.3) is 0 Å². The molecule has 0 aliphatic rings. The number of carbonyl (C=O) groups excluding carboxylic acids is 1. The highest BCUT2D eigenvalue weighted by Crippen LogP contribution is 2.09. The fourth-order valence-electron chi connectivity index (χ4n) is 0.834. The van der Waals surface area contributed by atoms with Crippen LogP contribution in [0.3, 0.4) is 0 Å². The monoisotopic (exact) mass is 206 g/mol. The largest absolute Gasteiger partial charge is 0.462 e. The van der Waals surface area contributed by atoms with Gasteiger partial charge in [0.1, 0.15) is 0 Å². The van der Waals surface area contributed by atoms with Gasteiger partial charge in [-0.2, -0.15) is 0 Å². The predicted molar refractivity (Wildman–Crippen MR) is 51.7 cm³/mol. The van der Waals surface area contributed by atoms with Crippen LogP contribution in [0.5, 0.6) is 0 Å². The van der Waals surface area contributed by atoms with Crippen molar-refractivity contribution in [3.8, 4) is 0 Å². The van der Waals surface area contributed by atoms with E-state index in [4.69, 9.17) is 21.4 Å². The summed E-state index contributed by atoms with van der Waals surface area (Å²) >= 11 is 5.83. The standard InChI is InChI=1S/C9H15ClO3/c1-3-9(12)13-5-4-8(10)6-7(2)11/h3,7-8,11H,1,4-6H2,2H3. The van der Waals surface area contributed by atoms with Crippen molar-refractivity contribution in [1.82, 2.24) is 0 Å². The van der Waals surface area contributed by atoms with Crippen molar-refractivity contribution in [3.63, 3.8) is 0 Å². The summed E-state index contributed by atoms with van der Waals surface area (Å²) in [5, 5.41) is 8.81. The lowest BCUT2D eigenvalue weighted by Gasteiger charge is -2.10. The summed E-state index contributed by atoms with van der Waals surface area (Å²) < 4.78 is 4.72. The molecular formula is C9H15ClO3. The van der Waals surface area contributed by atoms with E-state index in [-0.39, 0.29) is 12.0 Å². The van der Waals surface area contributed by atoms with Crippen LogP contribution in [0.15, 0.2) is 12.7 Å². The van der Waals surface area contributed by atoms with Gasteiger partial charge in [0.25, 0.3) is 0 Å². The quantitative estimate of drug-likeness (QED) is 0.407. The number of aliphatic hydroxyl groups is 1. The lowest BCUT2D eigenvalue weighted by atomic mass is 10.2. The van der Waals surface area contributed by atoms with Gasteiger partial charge in [0.05, 0.1) is 12.7 Å². The molecule has 0 aliphatic carbocycles. The summed E-state index contributed by atoms with van der Waals surface area (Å²) in [5.74, 6) is -0.444. The Balaban J connectivity index is 3.41. The first-order valence-electron chi connectivity index (χ1n) is 4.17. The Labute approximate surface area is 83.3 Å². The average molecular weight is 207 g/mol. The molecule has 0 radical (unpaired) electrons. The summed E-state index contributed by atoms with van der Waals surface area (Å²) in [6.45, 7) is 5.20. The van der Waals surface area contributed by atoms with Gasteiger partial charge < -0.3 is 9.84 Å². The molecule has 76 valence electrons. The zero-order valence-corrected chi connectivity index (χ0v) is 8.46. The maximum atomic E-state index is 10.6. The molecule has 13 heavy (non-hydrogen) atoms. The van der Waals surface area contributed by atoms with Gasteiger partial charge in [0.15, 0.2) is 0 Å². The van der Waals surface area contributed by atoms with E-state index >= 15 is 0 Å². The van der Waals surface area contributed by atoms with Crippen LogP contribution in [0, 0.1) is 0 Å². The Kier molecular flexibility index (Phi) is 6.63. The zero-order valence-electron chi connectivity index (χ0n) is 7.70. The van der Waals surface area contributed by atoms with E-state index in [9.17, 15) is 4.79 Å². The number of esters is 1. The van der Waals surface area contributed by atoms with Crippen LogP contribution < -0.4 is 0 Å². The van der Waals surface area contributed by atoms with Crippen molar-refractivity contribution in [2.75, 3.05) is 6.61 Å². The second-order valence-electron chi connectivity index (χ2n) is 2.84. The SMILES string of the molecule is C=CC(=O)OCCC(Cl)CC(C)O. The number of hydrogen-bond acceptors (Lipinski definition) is 3. The molecule has 0 spiro atoms.